The zero-order valence-corrected chi connectivity index (χ0v) is 18.7. The molecule has 2 heterocycles. The molecule has 0 spiro atoms. The van der Waals surface area contributed by atoms with E-state index < -0.39 is 5.91 Å². The molecule has 2 amide bonds. The summed E-state index contributed by atoms with van der Waals surface area (Å²) in [6.07, 6.45) is 0.811. The van der Waals surface area contributed by atoms with Crippen molar-refractivity contribution in [1.82, 2.24) is 19.8 Å². The Bertz CT molecular complexity index is 732. The molecule has 3 N–H and O–H groups in total. The van der Waals surface area contributed by atoms with Crippen LogP contribution in [0.1, 0.15) is 81.9 Å². The molecule has 0 saturated carbocycles. The van der Waals surface area contributed by atoms with Gasteiger partial charge in [0.05, 0.1) is 11.6 Å². The molecule has 3 atom stereocenters. The van der Waals surface area contributed by atoms with E-state index >= 15 is 0 Å². The molecule has 1 aromatic heterocycles. The van der Waals surface area contributed by atoms with Crippen molar-refractivity contribution in [3.8, 4) is 0 Å². The fraction of sp³-hybridized carbons (Fsp3) is 0.762. The van der Waals surface area contributed by atoms with Crippen molar-refractivity contribution >= 4 is 11.8 Å². The third-order valence-corrected chi connectivity index (χ3v) is 6.08. The van der Waals surface area contributed by atoms with Gasteiger partial charge in [-0.15, -0.1) is 0 Å². The zero-order valence-electron chi connectivity index (χ0n) is 18.7. The number of nitrogens with zero attached hydrogens (tertiary/aromatic N) is 3. The number of hydrogen-bond acceptors (Lipinski definition) is 4. The van der Waals surface area contributed by atoms with Gasteiger partial charge in [0.1, 0.15) is 5.82 Å². The average molecular weight is 392 g/mol. The van der Waals surface area contributed by atoms with E-state index in [0.29, 0.717) is 18.2 Å². The highest BCUT2D eigenvalue weighted by Crippen LogP contribution is 2.42. The topological polar surface area (TPSA) is 93.2 Å². The fourth-order valence-electron chi connectivity index (χ4n) is 4.26. The Labute approximate surface area is 169 Å². The van der Waals surface area contributed by atoms with Gasteiger partial charge in [-0.2, -0.15) is 0 Å². The maximum atomic E-state index is 13.0. The van der Waals surface area contributed by atoms with Crippen molar-refractivity contribution in [2.75, 3.05) is 20.6 Å². The molecule has 158 valence electrons. The summed E-state index contributed by atoms with van der Waals surface area (Å²) in [5, 5.41) is 2.85. The van der Waals surface area contributed by atoms with Crippen LogP contribution in [-0.4, -0.2) is 46.9 Å². The van der Waals surface area contributed by atoms with Crippen molar-refractivity contribution in [3.05, 3.63) is 17.2 Å². The molecular weight excluding hydrogens is 354 g/mol. The second kappa shape index (κ2) is 8.23. The molecule has 0 aliphatic carbocycles. The highest BCUT2D eigenvalue weighted by molar-refractivity contribution is 5.92. The summed E-state index contributed by atoms with van der Waals surface area (Å²) in [5.41, 5.74) is 6.63. The number of imidazole rings is 1. The molecule has 2 rings (SSSR count). The Balaban J connectivity index is 2.79. The van der Waals surface area contributed by atoms with Crippen LogP contribution in [0.15, 0.2) is 0 Å². The Kier molecular flexibility index (Phi) is 6.58. The van der Waals surface area contributed by atoms with E-state index in [0.717, 1.165) is 24.5 Å². The first-order chi connectivity index (χ1) is 12.9. The lowest BCUT2D eigenvalue weighted by molar-refractivity contribution is -0.130. The Hall–Kier alpha value is -1.89. The summed E-state index contributed by atoms with van der Waals surface area (Å²) in [6.45, 7) is 14.1. The maximum absolute atomic E-state index is 13.0. The van der Waals surface area contributed by atoms with Crippen molar-refractivity contribution in [2.24, 2.45) is 23.0 Å². The van der Waals surface area contributed by atoms with Crippen LogP contribution in [-0.2, 0) is 11.3 Å². The lowest BCUT2D eigenvalue weighted by atomic mass is 9.74. The Morgan fingerprint density at radius 3 is 2.32 bits per heavy atom. The third-order valence-electron chi connectivity index (χ3n) is 6.08. The van der Waals surface area contributed by atoms with E-state index in [1.807, 2.05) is 7.05 Å². The van der Waals surface area contributed by atoms with E-state index in [2.05, 4.69) is 56.3 Å². The van der Waals surface area contributed by atoms with Crippen LogP contribution in [0.3, 0.4) is 0 Å². The van der Waals surface area contributed by atoms with Crippen molar-refractivity contribution in [2.45, 2.75) is 66.5 Å². The number of amides is 2. The van der Waals surface area contributed by atoms with E-state index in [4.69, 9.17) is 10.7 Å². The molecule has 1 aliphatic heterocycles. The van der Waals surface area contributed by atoms with Crippen molar-refractivity contribution in [1.29, 1.82) is 0 Å². The molecule has 0 bridgehead atoms. The quantitative estimate of drug-likeness (QED) is 0.806. The molecule has 1 aliphatic rings. The van der Waals surface area contributed by atoms with Crippen molar-refractivity contribution < 1.29 is 9.59 Å². The first-order valence-electron chi connectivity index (χ1n) is 10.2. The average Bonchev–Trinajstić information content (AvgIpc) is 2.86. The molecule has 7 heteroatoms. The van der Waals surface area contributed by atoms with Gasteiger partial charge in [-0.1, -0.05) is 41.5 Å². The van der Waals surface area contributed by atoms with Gasteiger partial charge in [0.25, 0.3) is 5.91 Å². The lowest BCUT2D eigenvalue weighted by Gasteiger charge is -2.38. The molecule has 0 saturated heterocycles. The van der Waals surface area contributed by atoms with Crippen LogP contribution < -0.4 is 11.1 Å². The number of rotatable bonds is 5. The highest BCUT2D eigenvalue weighted by atomic mass is 16.2. The van der Waals surface area contributed by atoms with Crippen LogP contribution in [0.5, 0.6) is 0 Å². The molecular formula is C21H37N5O2. The lowest BCUT2D eigenvalue weighted by Crippen LogP contribution is -2.43. The predicted molar refractivity (Wildman–Crippen MR) is 111 cm³/mol. The van der Waals surface area contributed by atoms with E-state index in [-0.39, 0.29) is 29.2 Å². The Morgan fingerprint density at radius 2 is 1.86 bits per heavy atom. The van der Waals surface area contributed by atoms with Gasteiger partial charge in [0.15, 0.2) is 5.69 Å². The van der Waals surface area contributed by atoms with Gasteiger partial charge in [-0.3, -0.25) is 9.59 Å². The molecule has 0 fully saturated rings. The smallest absolute Gasteiger partial charge is 0.269 e. The number of carbonyl (C=O) groups is 2. The summed E-state index contributed by atoms with van der Waals surface area (Å²) >= 11 is 0. The standard InChI is InChI=1S/C21H37N5O2/c1-12(2)13(3)19-24-17(18(22)27)15-11-25(8)10-9-14(26(15)19)16(20(28)23-7)21(4,5)6/h12-14,16H,9-11H2,1-8H3,(H2,22,27)(H,23,28)/t13?,14?,16-/m0/s1. The van der Waals surface area contributed by atoms with E-state index in [9.17, 15) is 9.59 Å². The molecule has 0 radical (unpaired) electrons. The van der Waals surface area contributed by atoms with Gasteiger partial charge in [-0.25, -0.2) is 4.98 Å². The number of aromatic nitrogens is 2. The van der Waals surface area contributed by atoms with E-state index in [1.165, 1.54) is 0 Å². The molecule has 2 unspecified atom stereocenters. The second-order valence-corrected chi connectivity index (χ2v) is 9.58. The van der Waals surface area contributed by atoms with Crippen LogP contribution in [0.2, 0.25) is 0 Å². The molecule has 7 nitrogen and oxygen atoms in total. The van der Waals surface area contributed by atoms with Crippen LogP contribution in [0.25, 0.3) is 0 Å². The number of fused-ring (bicyclic) bond motifs is 1. The first-order valence-corrected chi connectivity index (χ1v) is 10.2. The number of hydrogen-bond donors (Lipinski definition) is 2. The Morgan fingerprint density at radius 1 is 1.25 bits per heavy atom. The summed E-state index contributed by atoms with van der Waals surface area (Å²) in [7, 11) is 3.72. The highest BCUT2D eigenvalue weighted by Gasteiger charge is 2.42. The number of nitrogens with two attached hydrogens (primary N) is 1. The second-order valence-electron chi connectivity index (χ2n) is 9.58. The van der Waals surface area contributed by atoms with Gasteiger partial charge in [0.2, 0.25) is 5.91 Å². The van der Waals surface area contributed by atoms with Crippen LogP contribution >= 0.6 is 0 Å². The minimum atomic E-state index is -0.507. The number of carbonyl (C=O) groups excluding carboxylic acids is 2. The molecule has 28 heavy (non-hydrogen) atoms. The fourth-order valence-corrected chi connectivity index (χ4v) is 4.26. The van der Waals surface area contributed by atoms with Gasteiger partial charge in [0, 0.05) is 32.1 Å². The maximum Gasteiger partial charge on any atom is 0.269 e. The van der Waals surface area contributed by atoms with Crippen LogP contribution in [0, 0.1) is 17.3 Å². The largest absolute Gasteiger partial charge is 0.364 e. The first kappa shape index (κ1) is 22.4. The number of nitrogens with one attached hydrogen (secondary N) is 1. The normalized spacial score (nSPS) is 20.4. The number of primary amides is 1. The monoisotopic (exact) mass is 391 g/mol. The van der Waals surface area contributed by atoms with Gasteiger partial charge in [-0.05, 0) is 24.8 Å². The van der Waals surface area contributed by atoms with Crippen molar-refractivity contribution in [3.63, 3.8) is 0 Å². The molecule has 0 aromatic carbocycles. The minimum absolute atomic E-state index is 0.0190. The van der Waals surface area contributed by atoms with E-state index in [1.54, 1.807) is 7.05 Å². The zero-order chi connectivity index (χ0) is 21.4. The molecule has 1 aromatic rings. The minimum Gasteiger partial charge on any atom is -0.364 e. The predicted octanol–water partition coefficient (Wildman–Crippen LogP) is 2.53. The summed E-state index contributed by atoms with van der Waals surface area (Å²) < 4.78 is 2.18. The van der Waals surface area contributed by atoms with Gasteiger partial charge >= 0.3 is 0 Å². The van der Waals surface area contributed by atoms with Gasteiger partial charge < -0.3 is 20.5 Å². The summed E-state index contributed by atoms with van der Waals surface area (Å²) in [4.78, 5) is 32.1. The van der Waals surface area contributed by atoms with Crippen LogP contribution in [0.4, 0.5) is 0 Å². The summed E-state index contributed by atoms with van der Waals surface area (Å²) in [6, 6.07) is -0.0864. The summed E-state index contributed by atoms with van der Waals surface area (Å²) in [5.74, 6) is 0.607. The SMILES string of the molecule is CNC(=O)[C@H](C1CCN(C)Cc2c(C(N)=O)nc(C(C)C(C)C)n21)C(C)(C)C. The third kappa shape index (κ3) is 4.24.